The van der Waals surface area contributed by atoms with E-state index in [2.05, 4.69) is 20.3 Å². The first-order valence-corrected chi connectivity index (χ1v) is 16.9. The summed E-state index contributed by atoms with van der Waals surface area (Å²) in [4.78, 5) is 79.6. The largest absolute Gasteiger partial charge is 0.468 e. The molecule has 16 nitrogen and oxygen atoms in total. The number of benzene rings is 2. The van der Waals surface area contributed by atoms with E-state index in [1.165, 1.54) is 22.9 Å². The summed E-state index contributed by atoms with van der Waals surface area (Å²) in [6.45, 7) is 9.11. The second-order valence-corrected chi connectivity index (χ2v) is 14.2. The van der Waals surface area contributed by atoms with E-state index in [0.29, 0.717) is 4.90 Å². The van der Waals surface area contributed by atoms with Crippen LogP contribution in [0.15, 0.2) is 61.2 Å². The number of nitrogens with zero attached hydrogens (tertiary/aromatic N) is 6. The normalized spacial score (nSPS) is 12.4. The minimum absolute atomic E-state index is 0.00783. The zero-order valence-electron chi connectivity index (χ0n) is 30.7. The molecule has 1 aliphatic carbocycles. The molecule has 0 aliphatic heterocycles. The van der Waals surface area contributed by atoms with Crippen molar-refractivity contribution >= 4 is 47.1 Å². The number of rotatable bonds is 10. The molecular formula is C37H43N7O9. The molecule has 1 N–H and O–H groups in total. The number of imidazole rings is 1. The quantitative estimate of drug-likeness (QED) is 0.170. The Morgan fingerprint density at radius 1 is 0.830 bits per heavy atom. The van der Waals surface area contributed by atoms with Crippen LogP contribution in [0.3, 0.4) is 0 Å². The molecule has 1 aliphatic rings. The molecule has 0 fully saturated rings. The third-order valence-corrected chi connectivity index (χ3v) is 7.95. The Balaban J connectivity index is 1.27. The van der Waals surface area contributed by atoms with Crippen LogP contribution in [0.25, 0.3) is 22.3 Å². The number of hydrogen-bond donors (Lipinski definition) is 1. The van der Waals surface area contributed by atoms with Gasteiger partial charge in [-0.1, -0.05) is 48.5 Å². The van der Waals surface area contributed by atoms with Crippen molar-refractivity contribution in [1.82, 2.24) is 29.7 Å². The minimum atomic E-state index is -1.05. The highest BCUT2D eigenvalue weighted by Crippen LogP contribution is 2.44. The van der Waals surface area contributed by atoms with E-state index in [9.17, 15) is 24.0 Å². The topological polar surface area (TPSA) is 184 Å². The van der Waals surface area contributed by atoms with Crippen molar-refractivity contribution in [1.29, 1.82) is 0 Å². The molecule has 0 bridgehead atoms. The second kappa shape index (κ2) is 15.7. The van der Waals surface area contributed by atoms with Crippen LogP contribution in [0.4, 0.5) is 20.2 Å². The van der Waals surface area contributed by atoms with E-state index in [1.807, 2.05) is 48.5 Å². The number of ether oxygens (including phenoxy) is 4. The van der Waals surface area contributed by atoms with E-state index in [4.69, 9.17) is 18.9 Å². The average Bonchev–Trinajstić information content (AvgIpc) is 3.64. The molecule has 53 heavy (non-hydrogen) atoms. The Kier molecular flexibility index (Phi) is 11.3. The molecule has 280 valence electrons. The summed E-state index contributed by atoms with van der Waals surface area (Å²) < 4.78 is 22.7. The zero-order chi connectivity index (χ0) is 38.5. The Bertz CT molecular complexity index is 1940. The fourth-order valence-corrected chi connectivity index (χ4v) is 5.71. The van der Waals surface area contributed by atoms with E-state index in [-0.39, 0.29) is 49.1 Å². The zero-order valence-corrected chi connectivity index (χ0v) is 30.7. The number of aromatic nitrogens is 4. The molecule has 2 heterocycles. The first-order chi connectivity index (χ1) is 25.1. The van der Waals surface area contributed by atoms with Crippen LogP contribution in [-0.4, -0.2) is 99.1 Å². The van der Waals surface area contributed by atoms with Gasteiger partial charge in [0.15, 0.2) is 17.0 Å². The van der Waals surface area contributed by atoms with Crippen molar-refractivity contribution in [3.05, 3.63) is 72.3 Å². The summed E-state index contributed by atoms with van der Waals surface area (Å²) >= 11 is 0. The first kappa shape index (κ1) is 38.2. The molecule has 5 rings (SSSR count). The van der Waals surface area contributed by atoms with Crippen LogP contribution in [0.5, 0.6) is 0 Å². The Labute approximate surface area is 306 Å². The van der Waals surface area contributed by atoms with Crippen LogP contribution in [-0.2, 0) is 35.1 Å². The van der Waals surface area contributed by atoms with Gasteiger partial charge in [0, 0.05) is 19.0 Å². The maximum Gasteiger partial charge on any atom is 0.425 e. The van der Waals surface area contributed by atoms with Gasteiger partial charge in [-0.2, -0.15) is 4.90 Å². The molecule has 0 atom stereocenters. The number of nitrogens with one attached hydrogen (secondary N) is 1. The predicted octanol–water partition coefficient (Wildman–Crippen LogP) is 5.04. The number of alkyl carbamates (subject to hydrolysis) is 1. The minimum Gasteiger partial charge on any atom is -0.468 e. The predicted molar refractivity (Wildman–Crippen MR) is 192 cm³/mol. The van der Waals surface area contributed by atoms with Crippen LogP contribution in [0, 0.1) is 0 Å². The lowest BCUT2D eigenvalue weighted by atomic mass is 9.98. The molecule has 0 saturated carbocycles. The molecular weight excluding hydrogens is 686 g/mol. The van der Waals surface area contributed by atoms with Crippen LogP contribution in [0.2, 0.25) is 0 Å². The Morgan fingerprint density at radius 3 is 1.98 bits per heavy atom. The highest BCUT2D eigenvalue weighted by molar-refractivity contribution is 6.12. The van der Waals surface area contributed by atoms with Crippen LogP contribution >= 0.6 is 0 Å². The monoisotopic (exact) mass is 729 g/mol. The van der Waals surface area contributed by atoms with Crippen molar-refractivity contribution in [3.8, 4) is 11.1 Å². The van der Waals surface area contributed by atoms with Crippen LogP contribution in [0.1, 0.15) is 58.6 Å². The third-order valence-electron chi connectivity index (χ3n) is 7.95. The van der Waals surface area contributed by atoms with Gasteiger partial charge < -0.3 is 33.7 Å². The number of anilines is 1. The molecule has 2 aromatic heterocycles. The second-order valence-electron chi connectivity index (χ2n) is 14.2. The maximum atomic E-state index is 13.6. The van der Waals surface area contributed by atoms with Gasteiger partial charge in [-0.3, -0.25) is 9.59 Å². The number of carbonyl (C=O) groups is 5. The molecule has 2 aromatic carbocycles. The number of esters is 1. The molecule has 16 heteroatoms. The summed E-state index contributed by atoms with van der Waals surface area (Å²) in [5.41, 5.74) is 2.54. The Hall–Kier alpha value is -6.06. The van der Waals surface area contributed by atoms with E-state index < -0.39 is 47.9 Å². The summed E-state index contributed by atoms with van der Waals surface area (Å²) in [5, 5.41) is 2.65. The van der Waals surface area contributed by atoms with Crippen molar-refractivity contribution in [2.75, 3.05) is 38.3 Å². The lowest BCUT2D eigenvalue weighted by Gasteiger charge is -2.28. The molecule has 0 spiro atoms. The van der Waals surface area contributed by atoms with Gasteiger partial charge in [0.05, 0.1) is 13.4 Å². The van der Waals surface area contributed by atoms with E-state index >= 15 is 0 Å². The molecule has 4 amide bonds. The fraction of sp³-hybridized carbons (Fsp3) is 0.405. The van der Waals surface area contributed by atoms with Gasteiger partial charge in [0.25, 0.3) is 0 Å². The molecule has 0 radical (unpaired) electrons. The van der Waals surface area contributed by atoms with Crippen molar-refractivity contribution < 1.29 is 42.9 Å². The first-order valence-electron chi connectivity index (χ1n) is 16.9. The summed E-state index contributed by atoms with van der Waals surface area (Å²) in [6, 6.07) is 16.0. The SMILES string of the molecule is COC(=O)CN(CCNC(=O)OCC1c2ccccc2-c2ccccc21)C(=O)Cn1cnc2c(N(C(=O)OC(C)(C)C)C(=O)OC(C)(C)C)ncnc21. The summed E-state index contributed by atoms with van der Waals surface area (Å²) in [7, 11) is 1.20. The van der Waals surface area contributed by atoms with Gasteiger partial charge in [-0.15, -0.1) is 0 Å². The smallest absolute Gasteiger partial charge is 0.425 e. The van der Waals surface area contributed by atoms with Gasteiger partial charge in [-0.25, -0.2) is 29.3 Å². The molecule has 0 unspecified atom stereocenters. The van der Waals surface area contributed by atoms with Crippen molar-refractivity contribution in [3.63, 3.8) is 0 Å². The highest BCUT2D eigenvalue weighted by atomic mass is 16.6. The van der Waals surface area contributed by atoms with Crippen molar-refractivity contribution in [2.24, 2.45) is 0 Å². The van der Waals surface area contributed by atoms with Crippen molar-refractivity contribution in [2.45, 2.75) is 65.2 Å². The van der Waals surface area contributed by atoms with Gasteiger partial charge in [0.1, 0.15) is 37.2 Å². The van der Waals surface area contributed by atoms with E-state index in [1.54, 1.807) is 41.5 Å². The van der Waals surface area contributed by atoms with Gasteiger partial charge in [0.2, 0.25) is 5.91 Å². The number of hydrogen-bond acceptors (Lipinski definition) is 12. The molecule has 4 aromatic rings. The number of methoxy groups -OCH3 is 1. The Morgan fingerprint density at radius 2 is 1.42 bits per heavy atom. The number of amides is 4. The molecule has 0 saturated heterocycles. The summed E-state index contributed by atoms with van der Waals surface area (Å²) in [5.74, 6) is -1.56. The standard InChI is InChI=1S/C37H43N7O9/c1-36(2,3)52-34(48)44(35(49)53-37(4,5)6)32-30-31(39-21-40-32)43(22-41-30)18-28(45)42(19-29(46)50-7)17-16-38-33(47)51-20-27-25-14-10-8-12-23(25)24-13-9-11-15-26(24)27/h8-15,21-22,27H,16-20H2,1-7H3,(H,38,47). The highest BCUT2D eigenvalue weighted by Gasteiger charge is 2.36. The maximum absolute atomic E-state index is 13.6. The number of imide groups is 1. The van der Waals surface area contributed by atoms with E-state index in [0.717, 1.165) is 28.6 Å². The summed E-state index contributed by atoms with van der Waals surface area (Å²) in [6.07, 6.45) is -0.390. The lowest BCUT2D eigenvalue weighted by molar-refractivity contribution is -0.147. The van der Waals surface area contributed by atoms with Gasteiger partial charge >= 0.3 is 24.2 Å². The van der Waals surface area contributed by atoms with Crippen LogP contribution < -0.4 is 10.2 Å². The van der Waals surface area contributed by atoms with Gasteiger partial charge in [-0.05, 0) is 63.8 Å². The lowest BCUT2D eigenvalue weighted by Crippen LogP contribution is -2.44. The number of carbonyl (C=O) groups excluding carboxylic acids is 5. The number of fused-ring (bicyclic) bond motifs is 4. The average molecular weight is 730 g/mol. The fourth-order valence-electron chi connectivity index (χ4n) is 5.71. The third kappa shape index (κ3) is 9.25.